The number of rotatable bonds is 6. The van der Waals surface area contributed by atoms with Gasteiger partial charge < -0.3 is 13.3 Å². The molecule has 0 unspecified atom stereocenters. The molecular formula is C17H19F3O3Si. The Balaban J connectivity index is 2.41. The molecule has 2 aromatic rings. The second-order valence-corrected chi connectivity index (χ2v) is 8.20. The van der Waals surface area contributed by atoms with Crippen LogP contribution in [-0.4, -0.2) is 29.1 Å². The van der Waals surface area contributed by atoms with Crippen molar-refractivity contribution in [3.8, 4) is 11.1 Å². The van der Waals surface area contributed by atoms with Crippen LogP contribution in [0.5, 0.6) is 0 Å². The molecule has 2 aromatic carbocycles. The molecule has 0 aliphatic rings. The van der Waals surface area contributed by atoms with Crippen LogP contribution in [0, 0.1) is 17.5 Å². The highest BCUT2D eigenvalue weighted by atomic mass is 28.4. The molecule has 0 aliphatic heterocycles. The van der Waals surface area contributed by atoms with Gasteiger partial charge in [-0.05, 0) is 25.5 Å². The first kappa shape index (κ1) is 18.7. The van der Waals surface area contributed by atoms with E-state index in [1.54, 1.807) is 24.3 Å². The zero-order valence-corrected chi connectivity index (χ0v) is 14.9. The average Bonchev–Trinajstić information content (AvgIpc) is 2.56. The molecule has 130 valence electrons. The van der Waals surface area contributed by atoms with Gasteiger partial charge in [0.25, 0.3) is 0 Å². The summed E-state index contributed by atoms with van der Waals surface area (Å²) in [5.41, 5.74) is 0.391. The Labute approximate surface area is 140 Å². The second kappa shape index (κ2) is 7.48. The van der Waals surface area contributed by atoms with Crippen molar-refractivity contribution in [3.05, 3.63) is 53.8 Å². The third kappa shape index (κ3) is 3.70. The van der Waals surface area contributed by atoms with Crippen LogP contribution in [0.1, 0.15) is 13.8 Å². The molecule has 24 heavy (non-hydrogen) atoms. The molecule has 0 bridgehead atoms. The molecule has 0 radical (unpaired) electrons. The van der Waals surface area contributed by atoms with E-state index in [0.717, 1.165) is 6.07 Å². The standard InChI is InChI=1S/C17H19F3O3Si/c1-11(2)23-24(21-3,22-4)13-7-5-12(6-8-13)14-9-16(19)17(20)10-15(14)18/h5-11H,1-4H3. The minimum Gasteiger partial charge on any atom is -0.373 e. The summed E-state index contributed by atoms with van der Waals surface area (Å²) in [5.74, 6) is -3.15. The van der Waals surface area contributed by atoms with Crippen LogP contribution in [0.2, 0.25) is 0 Å². The van der Waals surface area contributed by atoms with Crippen molar-refractivity contribution in [1.29, 1.82) is 0 Å². The van der Waals surface area contributed by atoms with E-state index in [0.29, 0.717) is 16.8 Å². The van der Waals surface area contributed by atoms with Crippen LogP contribution in [0.4, 0.5) is 13.2 Å². The largest absolute Gasteiger partial charge is 0.536 e. The quantitative estimate of drug-likeness (QED) is 0.584. The summed E-state index contributed by atoms with van der Waals surface area (Å²) in [4.78, 5) is 0. The van der Waals surface area contributed by atoms with Gasteiger partial charge in [0.05, 0.1) is 0 Å². The Morgan fingerprint density at radius 2 is 1.38 bits per heavy atom. The van der Waals surface area contributed by atoms with E-state index in [-0.39, 0.29) is 11.7 Å². The molecular weight excluding hydrogens is 337 g/mol. The van der Waals surface area contributed by atoms with Crippen molar-refractivity contribution in [1.82, 2.24) is 0 Å². The minimum absolute atomic E-state index is 0.0210. The Bertz CT molecular complexity index is 701. The summed E-state index contributed by atoms with van der Waals surface area (Å²) in [6.45, 7) is 3.73. The summed E-state index contributed by atoms with van der Waals surface area (Å²) in [6, 6.07) is 7.91. The van der Waals surface area contributed by atoms with Gasteiger partial charge in [-0.25, -0.2) is 13.2 Å². The lowest BCUT2D eigenvalue weighted by atomic mass is 10.1. The van der Waals surface area contributed by atoms with Gasteiger partial charge in [0.1, 0.15) is 5.82 Å². The van der Waals surface area contributed by atoms with Crippen molar-refractivity contribution in [2.24, 2.45) is 0 Å². The molecule has 0 amide bonds. The number of hydrogen-bond acceptors (Lipinski definition) is 3. The van der Waals surface area contributed by atoms with E-state index in [4.69, 9.17) is 13.3 Å². The Kier molecular flexibility index (Phi) is 5.82. The van der Waals surface area contributed by atoms with Crippen molar-refractivity contribution in [3.63, 3.8) is 0 Å². The van der Waals surface area contributed by atoms with Crippen molar-refractivity contribution in [2.75, 3.05) is 14.2 Å². The lowest BCUT2D eigenvalue weighted by molar-refractivity contribution is 0.0838. The van der Waals surface area contributed by atoms with Gasteiger partial charge in [-0.3, -0.25) is 0 Å². The van der Waals surface area contributed by atoms with Crippen LogP contribution < -0.4 is 5.19 Å². The fourth-order valence-corrected chi connectivity index (χ4v) is 4.55. The van der Waals surface area contributed by atoms with E-state index in [9.17, 15) is 13.2 Å². The maximum absolute atomic E-state index is 13.9. The zero-order chi connectivity index (χ0) is 17.9. The van der Waals surface area contributed by atoms with Crippen LogP contribution in [0.25, 0.3) is 11.1 Å². The highest BCUT2D eigenvalue weighted by Gasteiger charge is 2.42. The van der Waals surface area contributed by atoms with E-state index < -0.39 is 26.3 Å². The number of hydrogen-bond donors (Lipinski definition) is 0. The van der Waals surface area contributed by atoms with Gasteiger partial charge in [0, 0.05) is 37.1 Å². The molecule has 3 nitrogen and oxygen atoms in total. The molecule has 0 aromatic heterocycles. The van der Waals surface area contributed by atoms with E-state index in [1.807, 2.05) is 13.8 Å². The molecule has 0 heterocycles. The second-order valence-electron chi connectivity index (χ2n) is 5.45. The third-order valence-electron chi connectivity index (χ3n) is 3.49. The van der Waals surface area contributed by atoms with Crippen LogP contribution in [0.15, 0.2) is 36.4 Å². The lowest BCUT2D eigenvalue weighted by Crippen LogP contribution is -2.56. The minimum atomic E-state index is -3.07. The molecule has 0 aliphatic carbocycles. The lowest BCUT2D eigenvalue weighted by Gasteiger charge is -2.28. The van der Waals surface area contributed by atoms with Gasteiger partial charge in [-0.15, -0.1) is 0 Å². The Morgan fingerprint density at radius 1 is 0.833 bits per heavy atom. The van der Waals surface area contributed by atoms with Gasteiger partial charge in [0.2, 0.25) is 0 Å². The first-order valence-electron chi connectivity index (χ1n) is 7.36. The molecule has 0 saturated carbocycles. The van der Waals surface area contributed by atoms with Gasteiger partial charge in [0.15, 0.2) is 11.6 Å². The van der Waals surface area contributed by atoms with Crippen LogP contribution in [-0.2, 0) is 13.3 Å². The molecule has 0 N–H and O–H groups in total. The van der Waals surface area contributed by atoms with Crippen LogP contribution >= 0.6 is 0 Å². The van der Waals surface area contributed by atoms with Gasteiger partial charge in [-0.1, -0.05) is 24.3 Å². The van der Waals surface area contributed by atoms with Gasteiger partial charge in [-0.2, -0.15) is 0 Å². The number of halogens is 3. The molecule has 0 saturated heterocycles. The smallest absolute Gasteiger partial charge is 0.373 e. The zero-order valence-electron chi connectivity index (χ0n) is 13.9. The predicted octanol–water partition coefficient (Wildman–Crippen LogP) is 3.63. The van der Waals surface area contributed by atoms with Crippen molar-refractivity contribution in [2.45, 2.75) is 20.0 Å². The summed E-state index contributed by atoms with van der Waals surface area (Å²) in [5, 5.41) is 0.688. The summed E-state index contributed by atoms with van der Waals surface area (Å²) < 4.78 is 57.1. The van der Waals surface area contributed by atoms with E-state index in [1.165, 1.54) is 14.2 Å². The maximum atomic E-state index is 13.9. The topological polar surface area (TPSA) is 27.7 Å². The Morgan fingerprint density at radius 3 is 1.88 bits per heavy atom. The molecule has 2 rings (SSSR count). The Hall–Kier alpha value is -1.67. The number of benzene rings is 2. The highest BCUT2D eigenvalue weighted by Crippen LogP contribution is 2.25. The van der Waals surface area contributed by atoms with Crippen molar-refractivity contribution >= 4 is 14.0 Å². The van der Waals surface area contributed by atoms with E-state index in [2.05, 4.69) is 0 Å². The molecule has 0 fully saturated rings. The first-order chi connectivity index (χ1) is 11.3. The predicted molar refractivity (Wildman–Crippen MR) is 87.4 cm³/mol. The fourth-order valence-electron chi connectivity index (χ4n) is 2.39. The van der Waals surface area contributed by atoms with E-state index >= 15 is 0 Å². The summed E-state index contributed by atoms with van der Waals surface area (Å²) in [6.07, 6.45) is -0.111. The monoisotopic (exact) mass is 356 g/mol. The summed E-state index contributed by atoms with van der Waals surface area (Å²) >= 11 is 0. The SMILES string of the molecule is CO[Si](OC)(OC(C)C)c1ccc(-c2cc(F)c(F)cc2F)cc1. The average molecular weight is 356 g/mol. The first-order valence-corrected chi connectivity index (χ1v) is 9.09. The van der Waals surface area contributed by atoms with Crippen LogP contribution in [0.3, 0.4) is 0 Å². The van der Waals surface area contributed by atoms with Crippen molar-refractivity contribution < 1.29 is 26.4 Å². The normalized spacial score (nSPS) is 12.0. The molecule has 7 heteroatoms. The molecule has 0 spiro atoms. The highest BCUT2D eigenvalue weighted by molar-refractivity contribution is 6.75. The van der Waals surface area contributed by atoms with Gasteiger partial charge >= 0.3 is 8.80 Å². The third-order valence-corrected chi connectivity index (χ3v) is 6.38. The maximum Gasteiger partial charge on any atom is 0.536 e. The summed E-state index contributed by atoms with van der Waals surface area (Å²) in [7, 11) is -0.0657. The molecule has 0 atom stereocenters. The fraction of sp³-hybridized carbons (Fsp3) is 0.294.